The first-order valence-corrected chi connectivity index (χ1v) is 7.56. The van der Waals surface area contributed by atoms with Gasteiger partial charge in [-0.05, 0) is 37.1 Å². The molecule has 1 aliphatic rings. The fraction of sp³-hybridized carbons (Fsp3) is 0.294. The lowest BCUT2D eigenvalue weighted by molar-refractivity contribution is -0.672. The molecule has 1 aliphatic heterocycles. The van der Waals surface area contributed by atoms with Gasteiger partial charge in [-0.2, -0.15) is 0 Å². The van der Waals surface area contributed by atoms with Gasteiger partial charge in [0.15, 0.2) is 5.76 Å². The summed E-state index contributed by atoms with van der Waals surface area (Å²) in [4.78, 5) is 25.7. The number of carbonyl (C=O) groups excluding carboxylic acids is 2. The molecule has 0 saturated heterocycles. The number of fused-ring (bicyclic) bond motifs is 1. The summed E-state index contributed by atoms with van der Waals surface area (Å²) in [6, 6.07) is 10.8. The Kier molecular flexibility index (Phi) is 4.34. The van der Waals surface area contributed by atoms with Gasteiger partial charge in [0.2, 0.25) is 0 Å². The fourth-order valence-electron chi connectivity index (χ4n) is 2.67. The van der Waals surface area contributed by atoms with Gasteiger partial charge in [-0.15, -0.1) is 0 Å². The molecule has 0 bridgehead atoms. The number of carbonyl (C=O) groups is 2. The quantitative estimate of drug-likeness (QED) is 0.621. The molecule has 2 N–H and O–H groups in total. The fourth-order valence-corrected chi connectivity index (χ4v) is 2.67. The van der Waals surface area contributed by atoms with Gasteiger partial charge >= 0.3 is 0 Å². The molecule has 1 aromatic heterocycles. The normalized spacial score (nSPS) is 13.7. The molecule has 0 aliphatic carbocycles. The van der Waals surface area contributed by atoms with Crippen LogP contribution in [0.4, 0.5) is 0 Å². The first-order valence-electron chi connectivity index (χ1n) is 7.56. The number of rotatable bonds is 7. The molecule has 0 radical (unpaired) electrons. The van der Waals surface area contributed by atoms with Gasteiger partial charge in [0.05, 0.1) is 23.9 Å². The van der Waals surface area contributed by atoms with E-state index in [9.17, 15) is 9.59 Å². The van der Waals surface area contributed by atoms with Gasteiger partial charge in [-0.25, -0.2) is 0 Å². The monoisotopic (exact) mass is 299 g/mol. The minimum Gasteiger partial charge on any atom is -0.463 e. The molecule has 0 atom stereocenters. The Morgan fingerprint density at radius 3 is 2.32 bits per heavy atom. The van der Waals surface area contributed by atoms with Crippen molar-refractivity contribution in [3.8, 4) is 0 Å². The molecule has 2 aromatic rings. The number of nitrogens with zero attached hydrogens (tertiary/aromatic N) is 1. The number of hydrogen-bond acceptors (Lipinski definition) is 3. The minimum absolute atomic E-state index is 0.167. The number of nitrogens with two attached hydrogens (primary N) is 1. The van der Waals surface area contributed by atoms with Crippen molar-refractivity contribution in [1.82, 2.24) is 4.90 Å². The van der Waals surface area contributed by atoms with E-state index in [-0.39, 0.29) is 11.8 Å². The van der Waals surface area contributed by atoms with E-state index < -0.39 is 0 Å². The van der Waals surface area contributed by atoms with Gasteiger partial charge in [0.1, 0.15) is 6.54 Å². The van der Waals surface area contributed by atoms with E-state index >= 15 is 0 Å². The summed E-state index contributed by atoms with van der Waals surface area (Å²) in [7, 11) is 0. The average Bonchev–Trinajstić information content (AvgIpc) is 3.13. The summed E-state index contributed by atoms with van der Waals surface area (Å²) in [6.07, 6.45) is 3.44. The van der Waals surface area contributed by atoms with E-state index in [0.717, 1.165) is 31.7 Å². The summed E-state index contributed by atoms with van der Waals surface area (Å²) in [6.45, 7) is 2.25. The van der Waals surface area contributed by atoms with E-state index in [2.05, 4.69) is 5.32 Å². The van der Waals surface area contributed by atoms with E-state index in [0.29, 0.717) is 17.7 Å². The van der Waals surface area contributed by atoms with Crippen molar-refractivity contribution in [2.45, 2.75) is 19.4 Å². The van der Waals surface area contributed by atoms with Crippen LogP contribution in [-0.4, -0.2) is 29.8 Å². The molecular weight excluding hydrogens is 280 g/mol. The highest BCUT2D eigenvalue weighted by Gasteiger charge is 2.34. The van der Waals surface area contributed by atoms with Crippen molar-refractivity contribution < 1.29 is 19.3 Å². The van der Waals surface area contributed by atoms with Crippen LogP contribution in [-0.2, 0) is 6.54 Å². The van der Waals surface area contributed by atoms with Crippen LogP contribution < -0.4 is 5.32 Å². The lowest BCUT2D eigenvalue weighted by Gasteiger charge is -2.13. The zero-order chi connectivity index (χ0) is 15.4. The number of benzene rings is 1. The third kappa shape index (κ3) is 2.94. The Hall–Kier alpha value is -2.40. The standard InChI is InChI=1S/C17H18N2O3/c20-16-14-7-1-2-8-15(14)17(21)19(16)10-4-3-9-18-12-13-6-5-11-22-13/h1-2,5-8,11,18H,3-4,9-10,12H2/p+1. The Balaban J connectivity index is 1.41. The van der Waals surface area contributed by atoms with Crippen LogP contribution in [0.1, 0.15) is 39.3 Å². The van der Waals surface area contributed by atoms with Gasteiger partial charge in [-0.1, -0.05) is 12.1 Å². The maximum Gasteiger partial charge on any atom is 0.261 e. The topological polar surface area (TPSA) is 67.1 Å². The van der Waals surface area contributed by atoms with Crippen LogP contribution in [0.5, 0.6) is 0 Å². The summed E-state index contributed by atoms with van der Waals surface area (Å²) in [5.41, 5.74) is 1.05. The Morgan fingerprint density at radius 2 is 1.68 bits per heavy atom. The molecular formula is C17H19N2O3+. The second-order valence-electron chi connectivity index (χ2n) is 5.38. The molecule has 5 nitrogen and oxygen atoms in total. The number of amides is 2. The zero-order valence-electron chi connectivity index (χ0n) is 12.3. The van der Waals surface area contributed by atoms with Crippen molar-refractivity contribution >= 4 is 11.8 Å². The third-order valence-corrected chi connectivity index (χ3v) is 3.84. The maximum atomic E-state index is 12.2. The highest BCUT2D eigenvalue weighted by Crippen LogP contribution is 2.22. The van der Waals surface area contributed by atoms with Crippen molar-refractivity contribution in [3.05, 3.63) is 59.5 Å². The van der Waals surface area contributed by atoms with Crippen LogP contribution in [0.2, 0.25) is 0 Å². The van der Waals surface area contributed by atoms with Gasteiger partial charge < -0.3 is 9.73 Å². The number of hydrogen-bond donors (Lipinski definition) is 1. The van der Waals surface area contributed by atoms with Crippen molar-refractivity contribution in [2.75, 3.05) is 13.1 Å². The predicted molar refractivity (Wildman–Crippen MR) is 80.2 cm³/mol. The largest absolute Gasteiger partial charge is 0.463 e. The third-order valence-electron chi connectivity index (χ3n) is 3.84. The Morgan fingerprint density at radius 1 is 0.955 bits per heavy atom. The molecule has 114 valence electrons. The van der Waals surface area contributed by atoms with Gasteiger partial charge in [0, 0.05) is 6.54 Å². The summed E-state index contributed by atoms with van der Waals surface area (Å²) < 4.78 is 5.26. The molecule has 22 heavy (non-hydrogen) atoms. The molecule has 2 amide bonds. The molecule has 0 saturated carbocycles. The van der Waals surface area contributed by atoms with Crippen molar-refractivity contribution in [2.24, 2.45) is 0 Å². The van der Waals surface area contributed by atoms with Crippen LogP contribution in [0.15, 0.2) is 47.1 Å². The van der Waals surface area contributed by atoms with Crippen LogP contribution in [0.25, 0.3) is 0 Å². The summed E-state index contributed by atoms with van der Waals surface area (Å²) in [5.74, 6) is 0.626. The highest BCUT2D eigenvalue weighted by molar-refractivity contribution is 6.21. The lowest BCUT2D eigenvalue weighted by Crippen LogP contribution is -2.82. The van der Waals surface area contributed by atoms with Gasteiger partial charge in [0.25, 0.3) is 11.8 Å². The maximum absolute atomic E-state index is 12.2. The van der Waals surface area contributed by atoms with E-state index in [1.165, 1.54) is 4.90 Å². The first kappa shape index (κ1) is 14.5. The van der Waals surface area contributed by atoms with Crippen LogP contribution in [0.3, 0.4) is 0 Å². The molecule has 0 spiro atoms. The Labute approximate surface area is 128 Å². The van der Waals surface area contributed by atoms with Crippen molar-refractivity contribution in [3.63, 3.8) is 0 Å². The second-order valence-corrected chi connectivity index (χ2v) is 5.38. The van der Waals surface area contributed by atoms with E-state index in [1.54, 1.807) is 30.5 Å². The molecule has 0 fully saturated rings. The van der Waals surface area contributed by atoms with E-state index in [1.807, 2.05) is 12.1 Å². The van der Waals surface area contributed by atoms with Gasteiger partial charge in [-0.3, -0.25) is 14.5 Å². The van der Waals surface area contributed by atoms with Crippen LogP contribution in [0, 0.1) is 0 Å². The second kappa shape index (κ2) is 6.58. The smallest absolute Gasteiger partial charge is 0.261 e. The molecule has 1 aromatic carbocycles. The predicted octanol–water partition coefficient (Wildman–Crippen LogP) is 1.42. The lowest BCUT2D eigenvalue weighted by atomic mass is 10.1. The highest BCUT2D eigenvalue weighted by atomic mass is 16.3. The van der Waals surface area contributed by atoms with Crippen molar-refractivity contribution in [1.29, 1.82) is 0 Å². The Bertz CT molecular complexity index is 629. The average molecular weight is 299 g/mol. The number of unbranched alkanes of at least 4 members (excludes halogenated alkanes) is 1. The molecule has 3 rings (SSSR count). The first-order chi connectivity index (χ1) is 10.8. The molecule has 5 heteroatoms. The molecule has 0 unspecified atom stereocenters. The van der Waals surface area contributed by atoms with Crippen LogP contribution >= 0.6 is 0 Å². The number of quaternary nitrogens is 1. The minimum atomic E-state index is -0.167. The number of imide groups is 1. The zero-order valence-corrected chi connectivity index (χ0v) is 12.3. The van der Waals surface area contributed by atoms with E-state index in [4.69, 9.17) is 4.42 Å². The molecule has 2 heterocycles. The summed E-state index contributed by atoms with van der Waals surface area (Å²) in [5, 5.41) is 2.17. The number of furan rings is 1. The SMILES string of the molecule is O=C1c2ccccc2C(=O)N1CCCC[NH2+]Cc1ccco1. The summed E-state index contributed by atoms with van der Waals surface area (Å²) >= 11 is 0.